The molecule has 3 aromatic rings. The molecular weight excluding hydrogens is 254 g/mol. The van der Waals surface area contributed by atoms with Gasteiger partial charge in [0.1, 0.15) is 17.4 Å². The SMILES string of the molecule is CN(C)c1ccc2[nH]c(-c3ccc(N)c(O)c3)nc2n1. The van der Waals surface area contributed by atoms with Gasteiger partial charge in [-0.2, -0.15) is 0 Å². The molecule has 0 radical (unpaired) electrons. The minimum Gasteiger partial charge on any atom is -0.506 e. The molecule has 0 unspecified atom stereocenters. The van der Waals surface area contributed by atoms with Crippen molar-refractivity contribution in [1.82, 2.24) is 15.0 Å². The number of phenolic OH excluding ortho intramolecular Hbond substituents is 1. The van der Waals surface area contributed by atoms with Crippen LogP contribution in [0.25, 0.3) is 22.6 Å². The third-order valence-corrected chi connectivity index (χ3v) is 3.09. The summed E-state index contributed by atoms with van der Waals surface area (Å²) in [4.78, 5) is 14.0. The zero-order chi connectivity index (χ0) is 14.3. The van der Waals surface area contributed by atoms with Crippen LogP contribution >= 0.6 is 0 Å². The number of hydrogen-bond acceptors (Lipinski definition) is 5. The van der Waals surface area contributed by atoms with Crippen LogP contribution < -0.4 is 10.6 Å². The Bertz CT molecular complexity index is 778. The Morgan fingerprint density at radius 3 is 2.65 bits per heavy atom. The van der Waals surface area contributed by atoms with Gasteiger partial charge in [0.25, 0.3) is 0 Å². The lowest BCUT2D eigenvalue weighted by molar-refractivity contribution is 0.478. The summed E-state index contributed by atoms with van der Waals surface area (Å²) in [5.41, 5.74) is 8.20. The number of hydrogen-bond donors (Lipinski definition) is 3. The highest BCUT2D eigenvalue weighted by atomic mass is 16.3. The third kappa shape index (κ3) is 2.01. The first-order valence-corrected chi connectivity index (χ1v) is 6.17. The van der Waals surface area contributed by atoms with Gasteiger partial charge in [-0.05, 0) is 30.3 Å². The molecule has 0 aliphatic rings. The predicted molar refractivity (Wildman–Crippen MR) is 79.7 cm³/mol. The number of rotatable bonds is 2. The summed E-state index contributed by atoms with van der Waals surface area (Å²) < 4.78 is 0. The second kappa shape index (κ2) is 4.41. The summed E-state index contributed by atoms with van der Waals surface area (Å²) in [5, 5.41) is 9.66. The fourth-order valence-electron chi connectivity index (χ4n) is 1.96. The molecule has 0 amide bonds. The van der Waals surface area contributed by atoms with E-state index in [0.29, 0.717) is 17.2 Å². The lowest BCUT2D eigenvalue weighted by Crippen LogP contribution is -2.10. The highest BCUT2D eigenvalue weighted by Crippen LogP contribution is 2.27. The normalized spacial score (nSPS) is 10.9. The maximum absolute atomic E-state index is 9.66. The van der Waals surface area contributed by atoms with E-state index in [2.05, 4.69) is 15.0 Å². The number of anilines is 2. The van der Waals surface area contributed by atoms with Crippen LogP contribution in [0, 0.1) is 0 Å². The van der Waals surface area contributed by atoms with E-state index in [9.17, 15) is 5.11 Å². The average molecular weight is 269 g/mol. The van der Waals surface area contributed by atoms with Crippen LogP contribution in [0.15, 0.2) is 30.3 Å². The van der Waals surface area contributed by atoms with Crippen LogP contribution in [-0.2, 0) is 0 Å². The molecule has 0 aliphatic carbocycles. The Hall–Kier alpha value is -2.76. The van der Waals surface area contributed by atoms with Gasteiger partial charge >= 0.3 is 0 Å². The smallest absolute Gasteiger partial charge is 0.180 e. The topological polar surface area (TPSA) is 91.1 Å². The molecule has 0 spiro atoms. The molecule has 2 aromatic heterocycles. The molecule has 2 heterocycles. The molecule has 0 saturated carbocycles. The summed E-state index contributed by atoms with van der Waals surface area (Å²) >= 11 is 0. The standard InChI is InChI=1S/C14H15N5O/c1-19(2)12-6-5-10-14(17-12)18-13(16-10)8-3-4-9(15)11(20)7-8/h3-7,20H,15H2,1-2H3,(H,16,17,18). The van der Waals surface area contributed by atoms with Crippen molar-refractivity contribution < 1.29 is 5.11 Å². The van der Waals surface area contributed by atoms with Crippen molar-refractivity contribution in [2.45, 2.75) is 0 Å². The second-order valence-corrected chi connectivity index (χ2v) is 4.79. The summed E-state index contributed by atoms with van der Waals surface area (Å²) in [7, 11) is 3.86. The minimum absolute atomic E-state index is 0.0462. The van der Waals surface area contributed by atoms with Gasteiger partial charge in [-0.15, -0.1) is 0 Å². The van der Waals surface area contributed by atoms with Crippen molar-refractivity contribution in [2.24, 2.45) is 0 Å². The zero-order valence-corrected chi connectivity index (χ0v) is 11.3. The maximum atomic E-state index is 9.66. The van der Waals surface area contributed by atoms with Gasteiger partial charge in [0, 0.05) is 19.7 Å². The van der Waals surface area contributed by atoms with E-state index >= 15 is 0 Å². The van der Waals surface area contributed by atoms with Gasteiger partial charge in [0.05, 0.1) is 11.2 Å². The lowest BCUT2D eigenvalue weighted by Gasteiger charge is -2.09. The van der Waals surface area contributed by atoms with E-state index in [4.69, 9.17) is 5.73 Å². The maximum Gasteiger partial charge on any atom is 0.180 e. The number of imidazole rings is 1. The number of benzene rings is 1. The third-order valence-electron chi connectivity index (χ3n) is 3.09. The largest absolute Gasteiger partial charge is 0.506 e. The van der Waals surface area contributed by atoms with Crippen LogP contribution in [0.3, 0.4) is 0 Å². The fraction of sp³-hybridized carbons (Fsp3) is 0.143. The number of nitrogens with zero attached hydrogens (tertiary/aromatic N) is 3. The first-order valence-electron chi connectivity index (χ1n) is 6.17. The van der Waals surface area contributed by atoms with Gasteiger partial charge in [-0.1, -0.05) is 0 Å². The molecule has 1 aromatic carbocycles. The number of H-pyrrole nitrogens is 1. The van der Waals surface area contributed by atoms with Crippen molar-refractivity contribution in [3.63, 3.8) is 0 Å². The number of fused-ring (bicyclic) bond motifs is 1. The molecular formula is C14H15N5O. The fourth-order valence-corrected chi connectivity index (χ4v) is 1.96. The zero-order valence-electron chi connectivity index (χ0n) is 11.3. The molecule has 0 aliphatic heterocycles. The molecule has 0 atom stereocenters. The highest BCUT2D eigenvalue weighted by molar-refractivity contribution is 5.78. The molecule has 0 fully saturated rings. The molecule has 0 bridgehead atoms. The van der Waals surface area contributed by atoms with Crippen molar-refractivity contribution in [3.05, 3.63) is 30.3 Å². The van der Waals surface area contributed by atoms with Gasteiger partial charge < -0.3 is 20.7 Å². The van der Waals surface area contributed by atoms with Gasteiger partial charge in [-0.25, -0.2) is 9.97 Å². The summed E-state index contributed by atoms with van der Waals surface area (Å²) in [5.74, 6) is 1.54. The summed E-state index contributed by atoms with van der Waals surface area (Å²) in [6, 6.07) is 8.89. The van der Waals surface area contributed by atoms with E-state index in [-0.39, 0.29) is 5.75 Å². The van der Waals surface area contributed by atoms with Gasteiger partial charge in [0.15, 0.2) is 5.65 Å². The molecule has 0 saturated heterocycles. The summed E-state index contributed by atoms with van der Waals surface area (Å²) in [6.45, 7) is 0. The molecule has 3 rings (SSSR count). The summed E-state index contributed by atoms with van der Waals surface area (Å²) in [6.07, 6.45) is 0. The molecule has 6 nitrogen and oxygen atoms in total. The van der Waals surface area contributed by atoms with Gasteiger partial charge in [-0.3, -0.25) is 0 Å². The number of aromatic nitrogens is 3. The minimum atomic E-state index is 0.0462. The molecule has 102 valence electrons. The van der Waals surface area contributed by atoms with E-state index in [1.165, 1.54) is 0 Å². The number of nitrogens with one attached hydrogen (secondary N) is 1. The molecule has 4 N–H and O–H groups in total. The van der Waals surface area contributed by atoms with Crippen LogP contribution in [0.1, 0.15) is 0 Å². The van der Waals surface area contributed by atoms with E-state index < -0.39 is 0 Å². The number of aromatic amines is 1. The number of pyridine rings is 1. The van der Waals surface area contributed by atoms with Crippen molar-refractivity contribution >= 4 is 22.7 Å². The first-order chi connectivity index (χ1) is 9.54. The second-order valence-electron chi connectivity index (χ2n) is 4.79. The molecule has 6 heteroatoms. The van der Waals surface area contributed by atoms with Crippen LogP contribution in [0.2, 0.25) is 0 Å². The Morgan fingerprint density at radius 2 is 1.95 bits per heavy atom. The Morgan fingerprint density at radius 1 is 1.15 bits per heavy atom. The molecule has 20 heavy (non-hydrogen) atoms. The lowest BCUT2D eigenvalue weighted by atomic mass is 10.2. The Kier molecular flexibility index (Phi) is 2.71. The van der Waals surface area contributed by atoms with Gasteiger partial charge in [0.2, 0.25) is 0 Å². The van der Waals surface area contributed by atoms with Crippen LogP contribution in [0.4, 0.5) is 11.5 Å². The average Bonchev–Trinajstić information content (AvgIpc) is 2.84. The van der Waals surface area contributed by atoms with E-state index in [0.717, 1.165) is 16.9 Å². The van der Waals surface area contributed by atoms with E-state index in [1.54, 1.807) is 18.2 Å². The first kappa shape index (κ1) is 12.3. The number of phenols is 1. The number of nitrogens with two attached hydrogens (primary N) is 1. The quantitative estimate of drug-likeness (QED) is 0.489. The van der Waals surface area contributed by atoms with E-state index in [1.807, 2.05) is 31.1 Å². The van der Waals surface area contributed by atoms with Crippen LogP contribution in [0.5, 0.6) is 5.75 Å². The highest BCUT2D eigenvalue weighted by Gasteiger charge is 2.09. The number of nitrogen functional groups attached to an aromatic ring is 1. The number of aromatic hydroxyl groups is 1. The van der Waals surface area contributed by atoms with Crippen molar-refractivity contribution in [1.29, 1.82) is 0 Å². The predicted octanol–water partition coefficient (Wildman–Crippen LogP) is 1.98. The Balaban J connectivity index is 2.10. The Labute approximate surface area is 115 Å². The van der Waals surface area contributed by atoms with Crippen molar-refractivity contribution in [3.8, 4) is 17.1 Å². The monoisotopic (exact) mass is 269 g/mol. The van der Waals surface area contributed by atoms with Crippen molar-refractivity contribution in [2.75, 3.05) is 24.7 Å². The van der Waals surface area contributed by atoms with Crippen LogP contribution in [-0.4, -0.2) is 34.2 Å².